The van der Waals surface area contributed by atoms with Gasteiger partial charge in [0, 0.05) is 12.7 Å². The molecule has 0 radical (unpaired) electrons. The molecule has 0 spiro atoms. The number of aromatic nitrogens is 2. The lowest BCUT2D eigenvalue weighted by Gasteiger charge is -2.02. The molecule has 1 rings (SSSR count). The maximum atomic E-state index is 11.4. The van der Waals surface area contributed by atoms with Crippen LogP contribution in [0.2, 0.25) is 0 Å². The van der Waals surface area contributed by atoms with Gasteiger partial charge in [0.2, 0.25) is 0 Å². The fraction of sp³-hybridized carbons (Fsp3) is 0.714. The Labute approximate surface area is 109 Å². The molecule has 1 heterocycles. The number of hydrogen-bond acceptors (Lipinski definition) is 3. The monoisotopic (exact) mass is 252 g/mol. The molecule has 1 aromatic heterocycles. The van der Waals surface area contributed by atoms with Gasteiger partial charge in [0.05, 0.1) is 12.9 Å². The number of nitrogens with zero attached hydrogens (tertiary/aromatic N) is 2. The van der Waals surface area contributed by atoms with E-state index in [9.17, 15) is 4.79 Å². The lowest BCUT2D eigenvalue weighted by Crippen LogP contribution is -2.04. The van der Waals surface area contributed by atoms with Crippen LogP contribution in [-0.2, 0) is 11.3 Å². The molecular formula is C14H24N2O2. The predicted molar refractivity (Wildman–Crippen MR) is 71.6 cm³/mol. The molecule has 0 aromatic carbocycles. The van der Waals surface area contributed by atoms with Crippen molar-refractivity contribution in [1.82, 2.24) is 9.55 Å². The Hall–Kier alpha value is -1.32. The molecule has 0 saturated carbocycles. The molecular weight excluding hydrogens is 228 g/mol. The third kappa shape index (κ3) is 5.34. The summed E-state index contributed by atoms with van der Waals surface area (Å²) in [5.74, 6) is -0.334. The van der Waals surface area contributed by atoms with Crippen LogP contribution in [0.4, 0.5) is 0 Å². The molecule has 0 amide bonds. The summed E-state index contributed by atoms with van der Waals surface area (Å²) in [6, 6.07) is 0. The van der Waals surface area contributed by atoms with Gasteiger partial charge in [-0.05, 0) is 13.3 Å². The Kier molecular flexibility index (Phi) is 7.14. The molecule has 0 atom stereocenters. The van der Waals surface area contributed by atoms with Crippen LogP contribution in [0.15, 0.2) is 12.5 Å². The smallest absolute Gasteiger partial charge is 0.358 e. The number of carbonyl (C=O) groups is 1. The van der Waals surface area contributed by atoms with E-state index in [1.807, 2.05) is 4.57 Å². The highest BCUT2D eigenvalue weighted by atomic mass is 16.5. The quantitative estimate of drug-likeness (QED) is 0.499. The number of rotatable bonds is 9. The maximum absolute atomic E-state index is 11.4. The van der Waals surface area contributed by atoms with E-state index in [-0.39, 0.29) is 5.97 Å². The third-order valence-corrected chi connectivity index (χ3v) is 2.89. The summed E-state index contributed by atoms with van der Waals surface area (Å²) in [5.41, 5.74) is 0.405. The summed E-state index contributed by atoms with van der Waals surface area (Å²) in [6.07, 6.45) is 11.1. The molecule has 1 aromatic rings. The highest BCUT2D eigenvalue weighted by molar-refractivity contribution is 5.86. The molecule has 0 aliphatic carbocycles. The van der Waals surface area contributed by atoms with Gasteiger partial charge >= 0.3 is 5.97 Å². The third-order valence-electron chi connectivity index (χ3n) is 2.89. The minimum absolute atomic E-state index is 0.334. The van der Waals surface area contributed by atoms with Gasteiger partial charge in [0.1, 0.15) is 0 Å². The Morgan fingerprint density at radius 1 is 1.22 bits per heavy atom. The topological polar surface area (TPSA) is 44.1 Å². The molecule has 4 nitrogen and oxygen atoms in total. The number of hydrogen-bond donors (Lipinski definition) is 0. The number of esters is 1. The van der Waals surface area contributed by atoms with Crippen molar-refractivity contribution < 1.29 is 9.53 Å². The molecule has 0 saturated heterocycles. The second kappa shape index (κ2) is 8.72. The van der Waals surface area contributed by atoms with Crippen LogP contribution in [-0.4, -0.2) is 22.1 Å². The van der Waals surface area contributed by atoms with Gasteiger partial charge in [-0.25, -0.2) is 9.78 Å². The van der Waals surface area contributed by atoms with E-state index >= 15 is 0 Å². The van der Waals surface area contributed by atoms with E-state index in [1.165, 1.54) is 32.1 Å². The van der Waals surface area contributed by atoms with E-state index in [4.69, 9.17) is 4.74 Å². The zero-order chi connectivity index (χ0) is 13.2. The summed E-state index contributed by atoms with van der Waals surface area (Å²) in [5, 5.41) is 0. The standard InChI is InChI=1S/C14H24N2O2/c1-3-5-6-7-8-9-10-16-11-13(15-12-16)14(17)18-4-2/h11-12H,3-10H2,1-2H3. The van der Waals surface area contributed by atoms with Crippen LogP contribution >= 0.6 is 0 Å². The Morgan fingerprint density at radius 3 is 2.67 bits per heavy atom. The molecule has 18 heavy (non-hydrogen) atoms. The molecule has 0 fully saturated rings. The lowest BCUT2D eigenvalue weighted by atomic mass is 10.1. The Bertz CT molecular complexity index is 347. The van der Waals surface area contributed by atoms with Crippen LogP contribution in [0, 0.1) is 0 Å². The second-order valence-electron chi connectivity index (χ2n) is 4.48. The number of unbranched alkanes of at least 4 members (excludes halogenated alkanes) is 5. The first-order valence-electron chi connectivity index (χ1n) is 6.96. The Balaban J connectivity index is 2.21. The van der Waals surface area contributed by atoms with Crippen molar-refractivity contribution in [1.29, 1.82) is 0 Å². The summed E-state index contributed by atoms with van der Waals surface area (Å²) < 4.78 is 6.86. The van der Waals surface area contributed by atoms with E-state index < -0.39 is 0 Å². The van der Waals surface area contributed by atoms with E-state index in [2.05, 4.69) is 11.9 Å². The summed E-state index contributed by atoms with van der Waals surface area (Å²) in [7, 11) is 0. The average molecular weight is 252 g/mol. The maximum Gasteiger partial charge on any atom is 0.358 e. The van der Waals surface area contributed by atoms with Crippen molar-refractivity contribution in [2.24, 2.45) is 0 Å². The van der Waals surface area contributed by atoms with Crippen LogP contribution in [0.25, 0.3) is 0 Å². The molecule has 0 aliphatic rings. The number of aryl methyl sites for hydroxylation is 1. The van der Waals surface area contributed by atoms with Crippen molar-refractivity contribution in [2.75, 3.05) is 6.61 Å². The van der Waals surface area contributed by atoms with Gasteiger partial charge in [-0.2, -0.15) is 0 Å². The van der Waals surface area contributed by atoms with Crippen molar-refractivity contribution in [3.8, 4) is 0 Å². The number of ether oxygens (including phenoxy) is 1. The number of imidazole rings is 1. The average Bonchev–Trinajstić information content (AvgIpc) is 2.83. The van der Waals surface area contributed by atoms with Gasteiger partial charge in [-0.1, -0.05) is 39.0 Å². The van der Waals surface area contributed by atoms with Crippen LogP contribution in [0.3, 0.4) is 0 Å². The predicted octanol–water partition coefficient (Wildman–Crippen LogP) is 3.42. The summed E-state index contributed by atoms with van der Waals surface area (Å²) in [6.45, 7) is 5.34. The minimum Gasteiger partial charge on any atom is -0.461 e. The highest BCUT2D eigenvalue weighted by Gasteiger charge is 2.09. The van der Waals surface area contributed by atoms with E-state index in [1.54, 1.807) is 19.4 Å². The normalized spacial score (nSPS) is 10.6. The van der Waals surface area contributed by atoms with Crippen molar-refractivity contribution in [2.45, 2.75) is 58.9 Å². The molecule has 0 unspecified atom stereocenters. The highest BCUT2D eigenvalue weighted by Crippen LogP contribution is 2.07. The van der Waals surface area contributed by atoms with Crippen LogP contribution in [0.1, 0.15) is 62.9 Å². The molecule has 102 valence electrons. The minimum atomic E-state index is -0.334. The van der Waals surface area contributed by atoms with Crippen molar-refractivity contribution >= 4 is 5.97 Å². The number of carbonyl (C=O) groups excluding carboxylic acids is 1. The van der Waals surface area contributed by atoms with E-state index in [0.717, 1.165) is 13.0 Å². The Morgan fingerprint density at radius 2 is 1.94 bits per heavy atom. The summed E-state index contributed by atoms with van der Waals surface area (Å²) >= 11 is 0. The first kappa shape index (κ1) is 14.7. The van der Waals surface area contributed by atoms with Crippen LogP contribution < -0.4 is 0 Å². The van der Waals surface area contributed by atoms with Gasteiger partial charge < -0.3 is 9.30 Å². The largest absolute Gasteiger partial charge is 0.461 e. The SMILES string of the molecule is CCCCCCCCn1cnc(C(=O)OCC)c1. The molecule has 4 heteroatoms. The summed E-state index contributed by atoms with van der Waals surface area (Å²) in [4.78, 5) is 15.5. The van der Waals surface area contributed by atoms with Gasteiger partial charge in [0.25, 0.3) is 0 Å². The van der Waals surface area contributed by atoms with E-state index in [0.29, 0.717) is 12.3 Å². The van der Waals surface area contributed by atoms with Gasteiger partial charge in [-0.15, -0.1) is 0 Å². The van der Waals surface area contributed by atoms with Crippen molar-refractivity contribution in [3.63, 3.8) is 0 Å². The van der Waals surface area contributed by atoms with Gasteiger partial charge in [-0.3, -0.25) is 0 Å². The first-order chi connectivity index (χ1) is 8.77. The molecule has 0 N–H and O–H groups in total. The first-order valence-corrected chi connectivity index (χ1v) is 6.96. The van der Waals surface area contributed by atoms with Crippen molar-refractivity contribution in [3.05, 3.63) is 18.2 Å². The zero-order valence-corrected chi connectivity index (χ0v) is 11.5. The van der Waals surface area contributed by atoms with Crippen LogP contribution in [0.5, 0.6) is 0 Å². The zero-order valence-electron chi connectivity index (χ0n) is 11.5. The fourth-order valence-electron chi connectivity index (χ4n) is 1.87. The fourth-order valence-corrected chi connectivity index (χ4v) is 1.87. The van der Waals surface area contributed by atoms with Gasteiger partial charge in [0.15, 0.2) is 5.69 Å². The second-order valence-corrected chi connectivity index (χ2v) is 4.48. The molecule has 0 aliphatic heterocycles. The molecule has 0 bridgehead atoms. The lowest BCUT2D eigenvalue weighted by molar-refractivity contribution is 0.0520.